The third kappa shape index (κ3) is 2.03. The van der Waals surface area contributed by atoms with Crippen molar-refractivity contribution in [2.45, 2.75) is 19.3 Å². The summed E-state index contributed by atoms with van der Waals surface area (Å²) < 4.78 is 7.94. The Kier molecular flexibility index (Phi) is 4.42. The number of fused-ring (bicyclic) bond motifs is 3. The average Bonchev–Trinajstić information content (AvgIpc) is 2.92. The fourth-order valence-corrected chi connectivity index (χ4v) is 3.94. The Bertz CT molecular complexity index is 528. The van der Waals surface area contributed by atoms with Crippen molar-refractivity contribution in [3.63, 3.8) is 0 Å². The van der Waals surface area contributed by atoms with E-state index >= 15 is 0 Å². The fourth-order valence-electron chi connectivity index (χ4n) is 2.77. The Balaban J connectivity index is 0.00000120. The normalized spacial score (nSPS) is 18.3. The quantitative estimate of drug-likeness (QED) is 0.784. The van der Waals surface area contributed by atoms with Gasteiger partial charge in [0, 0.05) is 23.0 Å². The van der Waals surface area contributed by atoms with Gasteiger partial charge in [-0.1, -0.05) is 6.08 Å². The third-order valence-corrected chi connectivity index (χ3v) is 5.63. The number of halogens is 3. The number of benzene rings is 1. The third-order valence-electron chi connectivity index (χ3n) is 3.46. The van der Waals surface area contributed by atoms with Crippen molar-refractivity contribution in [2.75, 3.05) is 13.2 Å². The molecule has 0 saturated carbocycles. The van der Waals surface area contributed by atoms with Gasteiger partial charge in [0.1, 0.15) is 5.75 Å². The van der Waals surface area contributed by atoms with Crippen LogP contribution in [0, 0.1) is 0 Å². The molecule has 18 heavy (non-hydrogen) atoms. The van der Waals surface area contributed by atoms with Crippen LogP contribution in [0.1, 0.15) is 23.1 Å². The zero-order valence-electron chi connectivity index (χ0n) is 9.76. The standard InChI is InChI=1S/C13H13Br2NO.ClH/c14-11-8-2-1-7(3-5-16)10(8)9-4-6-17-13(9)12(11)15;/h3H,1-2,4-6,16H2;1H. The Morgan fingerprint density at radius 2 is 1.89 bits per heavy atom. The van der Waals surface area contributed by atoms with E-state index in [0.717, 1.165) is 40.6 Å². The highest BCUT2D eigenvalue weighted by Gasteiger charge is 2.30. The second-order valence-electron chi connectivity index (χ2n) is 4.35. The molecule has 0 bridgehead atoms. The first-order valence-electron chi connectivity index (χ1n) is 5.79. The summed E-state index contributed by atoms with van der Waals surface area (Å²) >= 11 is 7.31. The van der Waals surface area contributed by atoms with Crippen molar-refractivity contribution >= 4 is 49.8 Å². The van der Waals surface area contributed by atoms with Crippen molar-refractivity contribution in [3.05, 3.63) is 31.7 Å². The second kappa shape index (κ2) is 5.53. The van der Waals surface area contributed by atoms with E-state index in [1.807, 2.05) is 0 Å². The van der Waals surface area contributed by atoms with E-state index in [9.17, 15) is 0 Å². The predicted molar refractivity (Wildman–Crippen MR) is 83.6 cm³/mol. The fraction of sp³-hybridized carbons (Fsp3) is 0.385. The molecule has 2 N–H and O–H groups in total. The molecule has 98 valence electrons. The molecule has 1 aromatic rings. The lowest BCUT2D eigenvalue weighted by Gasteiger charge is -2.12. The van der Waals surface area contributed by atoms with Crippen LogP contribution in [0.3, 0.4) is 0 Å². The first kappa shape index (κ1) is 14.4. The van der Waals surface area contributed by atoms with Crippen molar-refractivity contribution in [1.29, 1.82) is 0 Å². The summed E-state index contributed by atoms with van der Waals surface area (Å²) in [5.74, 6) is 1.01. The number of allylic oxidation sites excluding steroid dienone is 1. The zero-order chi connectivity index (χ0) is 12.0. The van der Waals surface area contributed by atoms with E-state index in [1.165, 1.54) is 22.3 Å². The van der Waals surface area contributed by atoms with Gasteiger partial charge in [0.15, 0.2) is 0 Å². The van der Waals surface area contributed by atoms with Crippen molar-refractivity contribution in [3.8, 4) is 5.75 Å². The summed E-state index contributed by atoms with van der Waals surface area (Å²) in [4.78, 5) is 0. The number of hydrogen-bond donors (Lipinski definition) is 1. The molecule has 2 nitrogen and oxygen atoms in total. The number of nitrogens with two attached hydrogens (primary N) is 1. The van der Waals surface area contributed by atoms with Gasteiger partial charge in [0.2, 0.25) is 0 Å². The molecule has 3 rings (SSSR count). The van der Waals surface area contributed by atoms with Gasteiger partial charge >= 0.3 is 0 Å². The second-order valence-corrected chi connectivity index (χ2v) is 5.94. The molecule has 1 aromatic carbocycles. The van der Waals surface area contributed by atoms with Gasteiger partial charge in [-0.05, 0) is 61.4 Å². The van der Waals surface area contributed by atoms with Gasteiger partial charge in [0.25, 0.3) is 0 Å². The minimum atomic E-state index is 0. The largest absolute Gasteiger partial charge is 0.492 e. The smallest absolute Gasteiger partial charge is 0.138 e. The number of hydrogen-bond acceptors (Lipinski definition) is 2. The van der Waals surface area contributed by atoms with Crippen LogP contribution in [0.2, 0.25) is 0 Å². The maximum absolute atomic E-state index is 5.73. The molecular formula is C13H14Br2ClNO. The highest BCUT2D eigenvalue weighted by atomic mass is 79.9. The molecule has 0 unspecified atom stereocenters. The molecule has 5 heteroatoms. The van der Waals surface area contributed by atoms with E-state index in [-0.39, 0.29) is 12.4 Å². The molecular weight excluding hydrogens is 381 g/mol. The lowest BCUT2D eigenvalue weighted by molar-refractivity contribution is 0.354. The summed E-state index contributed by atoms with van der Waals surface area (Å²) in [7, 11) is 0. The molecule has 0 atom stereocenters. The number of rotatable bonds is 1. The first-order valence-corrected chi connectivity index (χ1v) is 7.37. The summed E-state index contributed by atoms with van der Waals surface area (Å²) in [6.07, 6.45) is 5.33. The summed E-state index contributed by atoms with van der Waals surface area (Å²) in [5.41, 5.74) is 11.2. The van der Waals surface area contributed by atoms with Crippen LogP contribution in [0.15, 0.2) is 15.0 Å². The van der Waals surface area contributed by atoms with Crippen molar-refractivity contribution in [2.24, 2.45) is 5.73 Å². The van der Waals surface area contributed by atoms with Gasteiger partial charge in [-0.2, -0.15) is 0 Å². The molecule has 0 saturated heterocycles. The molecule has 0 spiro atoms. The Labute approximate surface area is 130 Å². The van der Waals surface area contributed by atoms with Gasteiger partial charge in [0.05, 0.1) is 11.1 Å². The van der Waals surface area contributed by atoms with Crippen LogP contribution in [0.25, 0.3) is 5.57 Å². The lowest BCUT2D eigenvalue weighted by atomic mass is 9.98. The maximum Gasteiger partial charge on any atom is 0.138 e. The molecule has 1 heterocycles. The van der Waals surface area contributed by atoms with Gasteiger partial charge < -0.3 is 10.5 Å². The zero-order valence-corrected chi connectivity index (χ0v) is 13.8. The monoisotopic (exact) mass is 393 g/mol. The summed E-state index contributed by atoms with van der Waals surface area (Å²) in [5, 5.41) is 0. The molecule has 2 aliphatic rings. The van der Waals surface area contributed by atoms with Gasteiger partial charge in [-0.25, -0.2) is 0 Å². The molecule has 1 aliphatic carbocycles. The first-order chi connectivity index (χ1) is 8.24. The lowest BCUT2D eigenvalue weighted by Crippen LogP contribution is -1.97. The molecule has 0 amide bonds. The Morgan fingerprint density at radius 1 is 1.11 bits per heavy atom. The van der Waals surface area contributed by atoms with Crippen LogP contribution < -0.4 is 10.5 Å². The topological polar surface area (TPSA) is 35.2 Å². The van der Waals surface area contributed by atoms with E-state index in [4.69, 9.17) is 10.5 Å². The van der Waals surface area contributed by atoms with Crippen molar-refractivity contribution < 1.29 is 4.74 Å². The van der Waals surface area contributed by atoms with E-state index in [1.54, 1.807) is 0 Å². The van der Waals surface area contributed by atoms with Gasteiger partial charge in [-0.3, -0.25) is 0 Å². The van der Waals surface area contributed by atoms with Crippen LogP contribution in [0.4, 0.5) is 0 Å². The van der Waals surface area contributed by atoms with Crippen LogP contribution in [0.5, 0.6) is 5.75 Å². The Hall–Kier alpha value is -0.0300. The average molecular weight is 396 g/mol. The molecule has 0 fully saturated rings. The maximum atomic E-state index is 5.73. The minimum absolute atomic E-state index is 0. The summed E-state index contributed by atoms with van der Waals surface area (Å²) in [6, 6.07) is 0. The Morgan fingerprint density at radius 3 is 2.61 bits per heavy atom. The molecule has 0 radical (unpaired) electrons. The minimum Gasteiger partial charge on any atom is -0.492 e. The van der Waals surface area contributed by atoms with Crippen LogP contribution in [-0.4, -0.2) is 13.2 Å². The SMILES string of the molecule is Cl.NCC=C1CCc2c(Br)c(Br)c3c(c21)CCO3. The van der Waals surface area contributed by atoms with E-state index in [2.05, 4.69) is 37.9 Å². The van der Waals surface area contributed by atoms with Gasteiger partial charge in [-0.15, -0.1) is 12.4 Å². The van der Waals surface area contributed by atoms with Crippen LogP contribution >= 0.6 is 44.3 Å². The molecule has 0 aromatic heterocycles. The predicted octanol–water partition coefficient (Wildman–Crippen LogP) is 3.86. The highest BCUT2D eigenvalue weighted by molar-refractivity contribution is 9.13. The highest BCUT2D eigenvalue weighted by Crippen LogP contribution is 2.49. The summed E-state index contributed by atoms with van der Waals surface area (Å²) in [6.45, 7) is 1.39. The molecule has 1 aliphatic heterocycles. The van der Waals surface area contributed by atoms with E-state index in [0.29, 0.717) is 6.54 Å². The van der Waals surface area contributed by atoms with E-state index < -0.39 is 0 Å². The van der Waals surface area contributed by atoms with Crippen molar-refractivity contribution in [1.82, 2.24) is 0 Å². The number of ether oxygens (including phenoxy) is 1. The van der Waals surface area contributed by atoms with Crippen LogP contribution in [-0.2, 0) is 12.8 Å².